The molecule has 1 amide bonds. The summed E-state index contributed by atoms with van der Waals surface area (Å²) in [6.07, 6.45) is 0.609. The Morgan fingerprint density at radius 2 is 2.05 bits per heavy atom. The maximum Gasteiger partial charge on any atom is 0.236 e. The number of likely N-dealkylation sites (N-methyl/N-ethyl adjacent to an activating group) is 1. The fraction of sp³-hybridized carbons (Fsp3) is 0.562. The van der Waals surface area contributed by atoms with Crippen LogP contribution in [0.1, 0.15) is 12.5 Å². The molecule has 1 aromatic rings. The van der Waals surface area contributed by atoms with Gasteiger partial charge in [0.25, 0.3) is 0 Å². The minimum Gasteiger partial charge on any atom is -0.339 e. The normalized spacial score (nSPS) is 17.0. The number of piperazine rings is 1. The molecule has 0 radical (unpaired) electrons. The van der Waals surface area contributed by atoms with Crippen molar-refractivity contribution in [3.8, 4) is 0 Å². The van der Waals surface area contributed by atoms with Crippen molar-refractivity contribution in [3.63, 3.8) is 0 Å². The van der Waals surface area contributed by atoms with E-state index in [9.17, 15) is 9.18 Å². The number of rotatable bonds is 5. The topological polar surface area (TPSA) is 35.6 Å². The quantitative estimate of drug-likeness (QED) is 0.884. The third-order valence-corrected chi connectivity index (χ3v) is 4.08. The number of hydrogen-bond acceptors (Lipinski definition) is 3. The summed E-state index contributed by atoms with van der Waals surface area (Å²) in [6.45, 7) is 5.68. The SMILES string of the molecule is CC(Cc1ccccc1F)N(C)CC(=O)N1CCNCC1. The van der Waals surface area contributed by atoms with Gasteiger partial charge in [0.2, 0.25) is 5.91 Å². The van der Waals surface area contributed by atoms with Crippen LogP contribution < -0.4 is 5.32 Å². The summed E-state index contributed by atoms with van der Waals surface area (Å²) in [5, 5.41) is 3.24. The molecular formula is C16H24FN3O. The zero-order chi connectivity index (χ0) is 15.2. The van der Waals surface area contributed by atoms with E-state index in [0.29, 0.717) is 18.5 Å². The van der Waals surface area contributed by atoms with Gasteiger partial charge in [0, 0.05) is 32.2 Å². The predicted molar refractivity (Wildman–Crippen MR) is 81.6 cm³/mol. The Morgan fingerprint density at radius 3 is 2.71 bits per heavy atom. The second-order valence-corrected chi connectivity index (χ2v) is 5.69. The van der Waals surface area contributed by atoms with Gasteiger partial charge in [-0.05, 0) is 32.0 Å². The fourth-order valence-corrected chi connectivity index (χ4v) is 2.52. The molecule has 1 heterocycles. The maximum absolute atomic E-state index is 13.7. The molecular weight excluding hydrogens is 269 g/mol. The van der Waals surface area contributed by atoms with Gasteiger partial charge in [-0.1, -0.05) is 18.2 Å². The highest BCUT2D eigenvalue weighted by molar-refractivity contribution is 5.78. The van der Waals surface area contributed by atoms with Gasteiger partial charge in [-0.25, -0.2) is 4.39 Å². The van der Waals surface area contributed by atoms with Crippen molar-refractivity contribution in [2.24, 2.45) is 0 Å². The van der Waals surface area contributed by atoms with Crippen LogP contribution >= 0.6 is 0 Å². The molecule has 1 fully saturated rings. The molecule has 1 aliphatic heterocycles. The summed E-state index contributed by atoms with van der Waals surface area (Å²) in [5.74, 6) is -0.0226. The lowest BCUT2D eigenvalue weighted by Gasteiger charge is -2.31. The summed E-state index contributed by atoms with van der Waals surface area (Å²) in [4.78, 5) is 16.1. The first-order valence-electron chi connectivity index (χ1n) is 7.50. The van der Waals surface area contributed by atoms with Crippen LogP contribution in [0.5, 0.6) is 0 Å². The molecule has 0 bridgehead atoms. The van der Waals surface area contributed by atoms with Gasteiger partial charge in [-0.2, -0.15) is 0 Å². The Labute approximate surface area is 125 Å². The van der Waals surface area contributed by atoms with Crippen LogP contribution in [0, 0.1) is 5.82 Å². The first-order valence-corrected chi connectivity index (χ1v) is 7.50. The van der Waals surface area contributed by atoms with Crippen molar-refractivity contribution in [3.05, 3.63) is 35.6 Å². The van der Waals surface area contributed by atoms with Crippen LogP contribution in [-0.2, 0) is 11.2 Å². The second kappa shape index (κ2) is 7.52. The number of nitrogens with zero attached hydrogens (tertiary/aromatic N) is 2. The molecule has 0 aromatic heterocycles. The van der Waals surface area contributed by atoms with E-state index in [1.165, 1.54) is 6.07 Å². The van der Waals surface area contributed by atoms with E-state index >= 15 is 0 Å². The summed E-state index contributed by atoms with van der Waals surface area (Å²) in [6, 6.07) is 6.94. The first-order chi connectivity index (χ1) is 10.1. The van der Waals surface area contributed by atoms with Gasteiger partial charge in [-0.3, -0.25) is 9.69 Å². The van der Waals surface area contributed by atoms with Crippen molar-refractivity contribution in [2.45, 2.75) is 19.4 Å². The van der Waals surface area contributed by atoms with E-state index in [2.05, 4.69) is 5.32 Å². The molecule has 0 aliphatic carbocycles. The number of nitrogens with one attached hydrogen (secondary N) is 1. The van der Waals surface area contributed by atoms with Crippen molar-refractivity contribution in [2.75, 3.05) is 39.8 Å². The lowest BCUT2D eigenvalue weighted by atomic mass is 10.1. The molecule has 1 aliphatic rings. The van der Waals surface area contributed by atoms with E-state index in [1.54, 1.807) is 12.1 Å². The van der Waals surface area contributed by atoms with Crippen LogP contribution in [0.3, 0.4) is 0 Å². The van der Waals surface area contributed by atoms with E-state index in [-0.39, 0.29) is 17.8 Å². The monoisotopic (exact) mass is 293 g/mol. The molecule has 1 N–H and O–H groups in total. The lowest BCUT2D eigenvalue weighted by Crippen LogP contribution is -2.50. The van der Waals surface area contributed by atoms with Crippen molar-refractivity contribution in [1.82, 2.24) is 15.1 Å². The number of halogens is 1. The number of carbonyl (C=O) groups excluding carboxylic acids is 1. The maximum atomic E-state index is 13.7. The molecule has 0 saturated carbocycles. The highest BCUT2D eigenvalue weighted by atomic mass is 19.1. The minimum atomic E-state index is -0.175. The summed E-state index contributed by atoms with van der Waals surface area (Å²) in [7, 11) is 1.92. The Morgan fingerprint density at radius 1 is 1.38 bits per heavy atom. The predicted octanol–water partition coefficient (Wildman–Crippen LogP) is 1.12. The zero-order valence-corrected chi connectivity index (χ0v) is 12.8. The largest absolute Gasteiger partial charge is 0.339 e. The first kappa shape index (κ1) is 15.9. The summed E-state index contributed by atoms with van der Waals surface area (Å²) in [5.41, 5.74) is 0.700. The highest BCUT2D eigenvalue weighted by Crippen LogP contribution is 2.12. The molecule has 1 unspecified atom stereocenters. The van der Waals surface area contributed by atoms with Crippen LogP contribution in [0.2, 0.25) is 0 Å². The fourth-order valence-electron chi connectivity index (χ4n) is 2.52. The average Bonchev–Trinajstić information content (AvgIpc) is 2.50. The molecule has 2 rings (SSSR count). The van der Waals surface area contributed by atoms with Gasteiger partial charge >= 0.3 is 0 Å². The van der Waals surface area contributed by atoms with Crippen LogP contribution in [0.15, 0.2) is 24.3 Å². The average molecular weight is 293 g/mol. The molecule has 4 nitrogen and oxygen atoms in total. The molecule has 1 atom stereocenters. The molecule has 5 heteroatoms. The van der Waals surface area contributed by atoms with Crippen molar-refractivity contribution < 1.29 is 9.18 Å². The number of amides is 1. The highest BCUT2D eigenvalue weighted by Gasteiger charge is 2.20. The number of carbonyl (C=O) groups is 1. The third kappa shape index (κ3) is 4.51. The van der Waals surface area contributed by atoms with E-state index in [4.69, 9.17) is 0 Å². The number of benzene rings is 1. The van der Waals surface area contributed by atoms with Gasteiger partial charge in [0.1, 0.15) is 5.82 Å². The van der Waals surface area contributed by atoms with Crippen LogP contribution in [0.25, 0.3) is 0 Å². The Bertz CT molecular complexity index is 474. The third-order valence-electron chi connectivity index (χ3n) is 4.08. The molecule has 0 spiro atoms. The lowest BCUT2D eigenvalue weighted by molar-refractivity contribution is -0.133. The Kier molecular flexibility index (Phi) is 5.70. The van der Waals surface area contributed by atoms with Crippen LogP contribution in [0.4, 0.5) is 4.39 Å². The zero-order valence-electron chi connectivity index (χ0n) is 12.8. The smallest absolute Gasteiger partial charge is 0.236 e. The summed E-state index contributed by atoms with van der Waals surface area (Å²) < 4.78 is 13.7. The van der Waals surface area contributed by atoms with Crippen LogP contribution in [-0.4, -0.2) is 61.5 Å². The van der Waals surface area contributed by atoms with Gasteiger partial charge in [-0.15, -0.1) is 0 Å². The van der Waals surface area contributed by atoms with Crippen molar-refractivity contribution in [1.29, 1.82) is 0 Å². The molecule has 116 valence electrons. The van der Waals surface area contributed by atoms with Gasteiger partial charge in [0.05, 0.1) is 6.54 Å². The second-order valence-electron chi connectivity index (χ2n) is 5.69. The van der Waals surface area contributed by atoms with E-state index in [1.807, 2.05) is 29.8 Å². The van der Waals surface area contributed by atoms with Crippen molar-refractivity contribution >= 4 is 5.91 Å². The minimum absolute atomic E-state index is 0.119. The molecule has 1 aromatic carbocycles. The Hall–Kier alpha value is -1.46. The van der Waals surface area contributed by atoms with E-state index in [0.717, 1.165) is 26.2 Å². The Balaban J connectivity index is 1.86. The van der Waals surface area contributed by atoms with Gasteiger partial charge in [0.15, 0.2) is 0 Å². The van der Waals surface area contributed by atoms with E-state index < -0.39 is 0 Å². The molecule has 1 saturated heterocycles. The molecule has 21 heavy (non-hydrogen) atoms. The summed E-state index contributed by atoms with van der Waals surface area (Å²) >= 11 is 0. The van der Waals surface area contributed by atoms with Gasteiger partial charge < -0.3 is 10.2 Å². The standard InChI is InChI=1S/C16H24FN3O/c1-13(11-14-5-3-4-6-15(14)17)19(2)12-16(21)20-9-7-18-8-10-20/h3-6,13,18H,7-12H2,1-2H3. The number of hydrogen-bond donors (Lipinski definition) is 1.